The van der Waals surface area contributed by atoms with E-state index in [0.29, 0.717) is 0 Å². The molecule has 0 amide bonds. The molecule has 0 saturated heterocycles. The van der Waals surface area contributed by atoms with Crippen LogP contribution in [0.5, 0.6) is 0 Å². The van der Waals surface area contributed by atoms with Crippen LogP contribution in [0, 0.1) is 5.82 Å². The van der Waals surface area contributed by atoms with Gasteiger partial charge in [-0.05, 0) is 36.1 Å². The first-order chi connectivity index (χ1) is 9.47. The largest absolute Gasteiger partial charge is 0.481 e. The third-order valence-corrected chi connectivity index (χ3v) is 4.21. The van der Waals surface area contributed by atoms with Crippen LogP contribution in [0.1, 0.15) is 49.8 Å². The molecule has 0 fully saturated rings. The summed E-state index contributed by atoms with van der Waals surface area (Å²) in [6, 6.07) is 5.22. The Kier molecular flexibility index (Phi) is 3.04. The first-order valence-electron chi connectivity index (χ1n) is 7.01. The molecule has 1 aromatic heterocycles. The molecule has 3 nitrogen and oxygen atoms in total. The molecular weight excluding hydrogens is 257 g/mol. The van der Waals surface area contributed by atoms with Crippen molar-refractivity contribution < 1.29 is 14.3 Å². The number of aliphatic carboxylic acids is 1. The molecule has 1 N–H and O–H groups in total. The second-order valence-electron chi connectivity index (χ2n) is 5.89. The van der Waals surface area contributed by atoms with Crippen molar-refractivity contribution in [1.29, 1.82) is 0 Å². The quantitative estimate of drug-likeness (QED) is 0.924. The Morgan fingerprint density at radius 3 is 2.85 bits per heavy atom. The Bertz CT molecular complexity index is 687. The van der Waals surface area contributed by atoms with Gasteiger partial charge in [0.2, 0.25) is 0 Å². The monoisotopic (exact) mass is 275 g/mol. The molecule has 1 aliphatic rings. The van der Waals surface area contributed by atoms with E-state index in [1.807, 2.05) is 13.8 Å². The summed E-state index contributed by atoms with van der Waals surface area (Å²) in [5.74, 6) is -0.704. The highest BCUT2D eigenvalue weighted by Gasteiger charge is 2.27. The molecule has 0 aliphatic carbocycles. The number of hydrogen-bond donors (Lipinski definition) is 1. The van der Waals surface area contributed by atoms with Crippen LogP contribution in [0.3, 0.4) is 0 Å². The first-order valence-corrected chi connectivity index (χ1v) is 7.01. The van der Waals surface area contributed by atoms with Gasteiger partial charge in [0.25, 0.3) is 0 Å². The molecule has 4 heteroatoms. The molecule has 1 atom stereocenters. The number of hydrogen-bond acceptors (Lipinski definition) is 1. The maximum atomic E-state index is 13.8. The summed E-state index contributed by atoms with van der Waals surface area (Å²) in [7, 11) is 0. The number of carboxylic acids is 1. The summed E-state index contributed by atoms with van der Waals surface area (Å²) >= 11 is 0. The third-order valence-electron chi connectivity index (χ3n) is 4.21. The lowest BCUT2D eigenvalue weighted by molar-refractivity contribution is -0.137. The molecule has 2 aromatic rings. The number of fused-ring (bicyclic) bond motifs is 3. The summed E-state index contributed by atoms with van der Waals surface area (Å²) in [5, 5.41) is 10.1. The highest BCUT2D eigenvalue weighted by atomic mass is 19.1. The summed E-state index contributed by atoms with van der Waals surface area (Å²) in [6.07, 6.45) is 0.973. The van der Waals surface area contributed by atoms with E-state index in [1.165, 1.54) is 0 Å². The number of nitrogens with zero attached hydrogens (tertiary/aromatic N) is 1. The highest BCUT2D eigenvalue weighted by molar-refractivity contribution is 5.86. The molecule has 2 heterocycles. The van der Waals surface area contributed by atoms with E-state index in [1.54, 1.807) is 12.1 Å². The van der Waals surface area contributed by atoms with Crippen molar-refractivity contribution in [2.75, 3.05) is 0 Å². The van der Waals surface area contributed by atoms with Crippen molar-refractivity contribution in [3.8, 4) is 0 Å². The fourth-order valence-corrected chi connectivity index (χ4v) is 3.29. The predicted molar refractivity (Wildman–Crippen MR) is 75.6 cm³/mol. The zero-order chi connectivity index (χ0) is 14.4. The molecule has 106 valence electrons. The zero-order valence-corrected chi connectivity index (χ0v) is 11.7. The van der Waals surface area contributed by atoms with Crippen LogP contribution in [-0.4, -0.2) is 15.6 Å². The molecule has 0 radical (unpaired) electrons. The molecule has 0 bridgehead atoms. The smallest absolute Gasteiger partial charge is 0.304 e. The molecule has 0 saturated carbocycles. The van der Waals surface area contributed by atoms with Crippen LogP contribution < -0.4 is 0 Å². The number of rotatable bonds is 3. The van der Waals surface area contributed by atoms with E-state index < -0.39 is 5.97 Å². The second-order valence-corrected chi connectivity index (χ2v) is 5.89. The van der Waals surface area contributed by atoms with Crippen molar-refractivity contribution in [3.63, 3.8) is 0 Å². The Morgan fingerprint density at radius 2 is 2.20 bits per heavy atom. The van der Waals surface area contributed by atoms with Gasteiger partial charge in [-0.2, -0.15) is 0 Å². The third kappa shape index (κ3) is 1.99. The van der Waals surface area contributed by atoms with Crippen molar-refractivity contribution >= 4 is 16.9 Å². The van der Waals surface area contributed by atoms with Gasteiger partial charge >= 0.3 is 5.97 Å². The van der Waals surface area contributed by atoms with Crippen LogP contribution in [0.25, 0.3) is 10.9 Å². The summed E-state index contributed by atoms with van der Waals surface area (Å²) in [5.41, 5.74) is 2.93. The molecule has 0 spiro atoms. The van der Waals surface area contributed by atoms with Gasteiger partial charge in [-0.1, -0.05) is 13.8 Å². The van der Waals surface area contributed by atoms with Crippen LogP contribution in [0.15, 0.2) is 18.2 Å². The normalized spacial score (nSPS) is 17.9. The van der Waals surface area contributed by atoms with Gasteiger partial charge in [0.1, 0.15) is 5.82 Å². The average molecular weight is 275 g/mol. The lowest BCUT2D eigenvalue weighted by atomic mass is 9.96. The van der Waals surface area contributed by atoms with Crippen molar-refractivity contribution in [2.45, 2.75) is 45.1 Å². The Morgan fingerprint density at radius 1 is 1.45 bits per heavy atom. The number of aryl methyl sites for hydroxylation is 1. The molecule has 1 aromatic carbocycles. The predicted octanol–water partition coefficient (Wildman–Crippen LogP) is 3.87. The van der Waals surface area contributed by atoms with E-state index in [9.17, 15) is 9.18 Å². The van der Waals surface area contributed by atoms with Crippen LogP contribution in [0.2, 0.25) is 0 Å². The van der Waals surface area contributed by atoms with E-state index >= 15 is 0 Å². The summed E-state index contributed by atoms with van der Waals surface area (Å²) in [6.45, 7) is 4.87. The van der Waals surface area contributed by atoms with Crippen LogP contribution >= 0.6 is 0 Å². The number of aromatic nitrogens is 1. The van der Waals surface area contributed by atoms with Crippen molar-refractivity contribution in [3.05, 3.63) is 35.3 Å². The van der Waals surface area contributed by atoms with Gasteiger partial charge < -0.3 is 9.67 Å². The summed E-state index contributed by atoms with van der Waals surface area (Å²) in [4.78, 5) is 10.9. The maximum absolute atomic E-state index is 13.8. The van der Waals surface area contributed by atoms with Gasteiger partial charge in [0.05, 0.1) is 11.9 Å². The maximum Gasteiger partial charge on any atom is 0.304 e. The van der Waals surface area contributed by atoms with Crippen molar-refractivity contribution in [1.82, 2.24) is 4.57 Å². The second kappa shape index (κ2) is 4.62. The van der Waals surface area contributed by atoms with Gasteiger partial charge in [0.15, 0.2) is 0 Å². The number of carboxylic acid groups (broad SMARTS) is 1. The van der Waals surface area contributed by atoms with E-state index in [0.717, 1.165) is 35.1 Å². The minimum Gasteiger partial charge on any atom is -0.481 e. The van der Waals surface area contributed by atoms with Crippen LogP contribution in [-0.2, 0) is 11.3 Å². The Labute approximate surface area is 117 Å². The Hall–Kier alpha value is -1.84. The molecule has 1 aliphatic heterocycles. The SMILES string of the molecule is CC(C)c1cc(F)cc2c1cc1n2CCC1CC(=O)O. The Balaban J connectivity index is 2.17. The van der Waals surface area contributed by atoms with E-state index in [-0.39, 0.29) is 24.1 Å². The minimum absolute atomic E-state index is 0.0444. The van der Waals surface area contributed by atoms with Crippen LogP contribution in [0.4, 0.5) is 4.39 Å². The molecule has 20 heavy (non-hydrogen) atoms. The van der Waals surface area contributed by atoms with E-state index in [4.69, 9.17) is 5.11 Å². The van der Waals surface area contributed by atoms with Gasteiger partial charge in [-0.25, -0.2) is 4.39 Å². The lowest BCUT2D eigenvalue weighted by Gasteiger charge is -2.09. The average Bonchev–Trinajstić information content (AvgIpc) is 2.88. The molecule has 1 unspecified atom stereocenters. The molecular formula is C16H18FNO2. The minimum atomic E-state index is -0.774. The highest BCUT2D eigenvalue weighted by Crippen LogP contribution is 2.38. The van der Waals surface area contributed by atoms with Gasteiger partial charge in [-0.3, -0.25) is 4.79 Å². The standard InChI is InChI=1S/C16H18FNO2/c1-9(2)12-6-11(17)7-15-13(12)8-14-10(5-16(19)20)3-4-18(14)15/h6-10H,3-5H2,1-2H3,(H,19,20). The fraction of sp³-hybridized carbons (Fsp3) is 0.438. The fourth-order valence-electron chi connectivity index (χ4n) is 3.29. The zero-order valence-electron chi connectivity index (χ0n) is 11.7. The molecule has 3 rings (SSSR count). The van der Waals surface area contributed by atoms with Gasteiger partial charge in [0, 0.05) is 23.5 Å². The number of halogens is 1. The number of benzene rings is 1. The topological polar surface area (TPSA) is 42.2 Å². The number of carbonyl (C=O) groups is 1. The van der Waals surface area contributed by atoms with Gasteiger partial charge in [-0.15, -0.1) is 0 Å². The first kappa shape index (κ1) is 13.2. The lowest BCUT2D eigenvalue weighted by Crippen LogP contribution is -2.02. The summed E-state index contributed by atoms with van der Waals surface area (Å²) < 4.78 is 15.9. The van der Waals surface area contributed by atoms with E-state index in [2.05, 4.69) is 10.6 Å². The van der Waals surface area contributed by atoms with Crippen molar-refractivity contribution in [2.24, 2.45) is 0 Å².